The second kappa shape index (κ2) is 1.81. The average Bonchev–Trinajstić information content (AvgIpc) is 2.14. The molecule has 0 bridgehead atoms. The first kappa shape index (κ1) is 4.42. The Morgan fingerprint density at radius 2 is 2.86 bits per heavy atom. The van der Waals surface area contributed by atoms with E-state index < -0.39 is 0 Å². The van der Waals surface area contributed by atoms with Gasteiger partial charge in [-0.15, -0.1) is 5.17 Å². The molecule has 1 radical (unpaired) electrons. The van der Waals surface area contributed by atoms with Crippen LogP contribution in [0.1, 0.15) is 0 Å². The van der Waals surface area contributed by atoms with Gasteiger partial charge in [0, 0.05) is 0 Å². The zero-order valence-corrected chi connectivity index (χ0v) is 3.84. The van der Waals surface area contributed by atoms with Crippen molar-refractivity contribution in [2.45, 2.75) is 0 Å². The maximum absolute atomic E-state index is 4.57. The summed E-state index contributed by atoms with van der Waals surface area (Å²) in [7, 11) is 1.50. The summed E-state index contributed by atoms with van der Waals surface area (Å²) >= 11 is 0. The molecule has 0 aromatic rings. The largest absolute Gasteiger partial charge is 0.392 e. The summed E-state index contributed by atoms with van der Waals surface area (Å²) in [4.78, 5) is 9.03. The average molecular weight is 101 g/mol. The molecule has 0 saturated heterocycles. The Balaban J connectivity index is 2.28. The molecule has 0 atom stereocenters. The number of hydrogen-bond acceptors (Lipinski definition) is 4. The fourth-order valence-electron chi connectivity index (χ4n) is 0.265. The smallest absolute Gasteiger partial charge is 0.153 e. The van der Waals surface area contributed by atoms with Crippen LogP contribution in [-0.2, 0) is 9.68 Å². The molecule has 4 nitrogen and oxygen atoms in total. The quantitative estimate of drug-likeness (QED) is 0.486. The van der Waals surface area contributed by atoms with Crippen molar-refractivity contribution in [3.05, 3.63) is 12.5 Å². The third-order valence-corrected chi connectivity index (χ3v) is 0.547. The lowest BCUT2D eigenvalue weighted by Crippen LogP contribution is -2.26. The molecular formula is C3H5N2O2. The summed E-state index contributed by atoms with van der Waals surface area (Å²) in [6, 6.07) is 0. The van der Waals surface area contributed by atoms with Crippen LogP contribution in [0.3, 0.4) is 0 Å². The fourth-order valence-corrected chi connectivity index (χ4v) is 0.265. The van der Waals surface area contributed by atoms with Gasteiger partial charge < -0.3 is 4.84 Å². The number of nitrogens with zero attached hydrogens (tertiary/aromatic N) is 1. The Bertz CT molecular complexity index is 83.0. The third kappa shape index (κ3) is 0.819. The Kier molecular flexibility index (Phi) is 1.14. The molecule has 0 aromatic heterocycles. The van der Waals surface area contributed by atoms with E-state index in [1.807, 2.05) is 0 Å². The summed E-state index contributed by atoms with van der Waals surface area (Å²) in [5, 5.41) is 1.21. The van der Waals surface area contributed by atoms with E-state index >= 15 is 0 Å². The minimum absolute atomic E-state index is 1.21. The van der Waals surface area contributed by atoms with Crippen molar-refractivity contribution in [3.63, 3.8) is 0 Å². The van der Waals surface area contributed by atoms with Gasteiger partial charge in [-0.25, -0.2) is 0 Å². The summed E-state index contributed by atoms with van der Waals surface area (Å²) in [5.41, 5.74) is 2.35. The molecule has 7 heavy (non-hydrogen) atoms. The van der Waals surface area contributed by atoms with Gasteiger partial charge in [-0.3, -0.25) is 4.84 Å². The summed E-state index contributed by atoms with van der Waals surface area (Å²) in [6.45, 7) is 0. The number of hydroxylamine groups is 1. The van der Waals surface area contributed by atoms with Gasteiger partial charge in [0.15, 0.2) is 6.20 Å². The van der Waals surface area contributed by atoms with E-state index in [-0.39, 0.29) is 0 Å². The predicted octanol–water partition coefficient (Wildman–Crippen LogP) is -0.426. The minimum Gasteiger partial charge on any atom is -0.392 e. The number of hydrogen-bond donors (Lipinski definition) is 1. The van der Waals surface area contributed by atoms with Crippen molar-refractivity contribution >= 4 is 0 Å². The molecule has 1 aliphatic heterocycles. The molecule has 0 saturated carbocycles. The standard InChI is InChI=1S/C3H5N2O2/c1-6-5-2-3-7-4-5/h3-4H,1H3. The maximum Gasteiger partial charge on any atom is 0.153 e. The van der Waals surface area contributed by atoms with Gasteiger partial charge in [0.1, 0.15) is 6.26 Å². The highest BCUT2D eigenvalue weighted by molar-refractivity contribution is 4.58. The second-order valence-electron chi connectivity index (χ2n) is 0.933. The predicted molar refractivity (Wildman–Crippen MR) is 20.9 cm³/mol. The molecule has 0 aliphatic carbocycles. The van der Waals surface area contributed by atoms with E-state index in [0.717, 1.165) is 0 Å². The van der Waals surface area contributed by atoms with Crippen LogP contribution in [0.15, 0.2) is 6.26 Å². The van der Waals surface area contributed by atoms with Crippen molar-refractivity contribution in [1.29, 1.82) is 0 Å². The van der Waals surface area contributed by atoms with E-state index in [0.29, 0.717) is 0 Å². The molecular weight excluding hydrogens is 96.0 g/mol. The molecule has 0 spiro atoms. The zero-order chi connectivity index (χ0) is 5.11. The van der Waals surface area contributed by atoms with Gasteiger partial charge in [0.05, 0.1) is 7.11 Å². The molecule has 1 rings (SSSR count). The van der Waals surface area contributed by atoms with Gasteiger partial charge >= 0.3 is 0 Å². The van der Waals surface area contributed by atoms with Crippen LogP contribution in [0.2, 0.25) is 0 Å². The van der Waals surface area contributed by atoms with Crippen molar-refractivity contribution in [2.75, 3.05) is 7.11 Å². The molecule has 0 fully saturated rings. The van der Waals surface area contributed by atoms with Crippen molar-refractivity contribution in [3.8, 4) is 0 Å². The molecule has 1 N–H and O–H groups in total. The van der Waals surface area contributed by atoms with Gasteiger partial charge in [-0.1, -0.05) is 0 Å². The van der Waals surface area contributed by atoms with Gasteiger partial charge in [0.25, 0.3) is 0 Å². The summed E-state index contributed by atoms with van der Waals surface area (Å²) < 4.78 is 0. The van der Waals surface area contributed by atoms with Gasteiger partial charge in [-0.05, 0) is 5.59 Å². The van der Waals surface area contributed by atoms with Crippen LogP contribution < -0.4 is 5.59 Å². The monoisotopic (exact) mass is 101 g/mol. The topological polar surface area (TPSA) is 33.7 Å². The first-order valence-corrected chi connectivity index (χ1v) is 1.77. The summed E-state index contributed by atoms with van der Waals surface area (Å²) in [6.07, 6.45) is 3.91. The van der Waals surface area contributed by atoms with Gasteiger partial charge in [-0.2, -0.15) is 0 Å². The van der Waals surface area contributed by atoms with Crippen LogP contribution in [-0.4, -0.2) is 12.3 Å². The highest BCUT2D eigenvalue weighted by Gasteiger charge is 2.00. The second-order valence-corrected chi connectivity index (χ2v) is 0.933. The van der Waals surface area contributed by atoms with E-state index in [4.69, 9.17) is 0 Å². The van der Waals surface area contributed by atoms with E-state index in [9.17, 15) is 0 Å². The highest BCUT2D eigenvalue weighted by atomic mass is 16.8. The Hall–Kier alpha value is -0.740. The Morgan fingerprint density at radius 3 is 3.14 bits per heavy atom. The van der Waals surface area contributed by atoms with Crippen molar-refractivity contribution < 1.29 is 9.68 Å². The zero-order valence-electron chi connectivity index (χ0n) is 3.84. The Morgan fingerprint density at radius 1 is 2.00 bits per heavy atom. The first-order valence-electron chi connectivity index (χ1n) is 1.77. The molecule has 4 heteroatoms. The van der Waals surface area contributed by atoms with Crippen LogP contribution in [0.5, 0.6) is 0 Å². The molecule has 1 aliphatic rings. The number of rotatable bonds is 1. The van der Waals surface area contributed by atoms with Crippen LogP contribution >= 0.6 is 0 Å². The van der Waals surface area contributed by atoms with Crippen molar-refractivity contribution in [1.82, 2.24) is 10.8 Å². The number of nitrogens with one attached hydrogen (secondary N) is 1. The first-order chi connectivity index (χ1) is 3.43. The third-order valence-electron chi connectivity index (χ3n) is 0.547. The summed E-state index contributed by atoms with van der Waals surface area (Å²) in [5.74, 6) is 0. The lowest BCUT2D eigenvalue weighted by Gasteiger charge is -2.06. The SMILES string of the molecule is CON1[C]=CON1. The maximum atomic E-state index is 4.57. The van der Waals surface area contributed by atoms with E-state index in [2.05, 4.69) is 21.5 Å². The van der Waals surface area contributed by atoms with Crippen LogP contribution in [0, 0.1) is 6.20 Å². The van der Waals surface area contributed by atoms with Crippen LogP contribution in [0.25, 0.3) is 0 Å². The lowest BCUT2D eigenvalue weighted by atomic mass is 11.0. The molecule has 1 heterocycles. The van der Waals surface area contributed by atoms with Gasteiger partial charge in [0.2, 0.25) is 0 Å². The number of hydrazine groups is 1. The Labute approximate surface area is 41.2 Å². The molecule has 0 aromatic carbocycles. The van der Waals surface area contributed by atoms with Crippen molar-refractivity contribution in [2.24, 2.45) is 0 Å². The van der Waals surface area contributed by atoms with E-state index in [1.54, 1.807) is 0 Å². The van der Waals surface area contributed by atoms with E-state index in [1.165, 1.54) is 18.5 Å². The lowest BCUT2D eigenvalue weighted by molar-refractivity contribution is -0.189. The molecule has 39 valence electrons. The normalized spacial score (nSPS) is 17.6. The molecule has 0 amide bonds. The highest BCUT2D eigenvalue weighted by Crippen LogP contribution is 1.89. The van der Waals surface area contributed by atoms with Crippen LogP contribution in [0.4, 0.5) is 0 Å². The fraction of sp³-hybridized carbons (Fsp3) is 0.333. The molecule has 0 unspecified atom stereocenters. The minimum atomic E-state index is 1.21.